The Morgan fingerprint density at radius 1 is 1.20 bits per heavy atom. The Morgan fingerprint density at radius 2 is 1.88 bits per heavy atom. The van der Waals surface area contributed by atoms with Crippen LogP contribution in [0.2, 0.25) is 0 Å². The number of carbonyl (C=O) groups is 1. The highest BCUT2D eigenvalue weighted by Gasteiger charge is 2.25. The molecule has 3 rings (SSSR count). The van der Waals surface area contributed by atoms with Crippen LogP contribution < -0.4 is 5.32 Å². The first-order valence-corrected chi connectivity index (χ1v) is 7.99. The van der Waals surface area contributed by atoms with E-state index >= 15 is 0 Å². The van der Waals surface area contributed by atoms with Crippen LogP contribution in [-0.4, -0.2) is 11.1 Å². The van der Waals surface area contributed by atoms with Crippen molar-refractivity contribution in [1.82, 2.24) is 0 Å². The summed E-state index contributed by atoms with van der Waals surface area (Å²) in [7, 11) is 0. The van der Waals surface area contributed by atoms with Crippen LogP contribution >= 0.6 is 11.6 Å². The molecule has 0 fully saturated rings. The molecule has 0 spiro atoms. The van der Waals surface area contributed by atoms with Gasteiger partial charge in [-0.25, -0.2) is 9.79 Å². The van der Waals surface area contributed by atoms with Gasteiger partial charge in [0.05, 0.1) is 11.4 Å². The fourth-order valence-electron chi connectivity index (χ4n) is 2.41. The number of carbonyl (C=O) groups excluding carboxylic acids is 1. The van der Waals surface area contributed by atoms with Crippen molar-refractivity contribution in [2.45, 2.75) is 13.0 Å². The lowest BCUT2D eigenvalue weighted by Gasteiger charge is -2.19. The number of hydrogen-bond acceptors (Lipinski definition) is 5. The number of anilines is 1. The third kappa shape index (κ3) is 3.54. The number of para-hydroxylation sites is 2. The number of rotatable bonds is 3. The smallest absolute Gasteiger partial charge is 0.351 e. The standard InChI is InChI=1S/C19H14ClN3O2/c1-12(13-7-3-2-4-8-13)25-19(24)14(11-21)17-18(20)23-16-10-6-5-9-15(16)22-17/h2-10,12,22H,1H3. The lowest BCUT2D eigenvalue weighted by atomic mass is 10.1. The Kier molecular flexibility index (Phi) is 4.82. The quantitative estimate of drug-likeness (QED) is 0.503. The molecule has 0 saturated heterocycles. The molecule has 1 N–H and O–H groups in total. The molecule has 1 unspecified atom stereocenters. The molecule has 0 amide bonds. The van der Waals surface area contributed by atoms with E-state index in [0.717, 1.165) is 5.56 Å². The van der Waals surface area contributed by atoms with Gasteiger partial charge in [0, 0.05) is 0 Å². The Morgan fingerprint density at radius 3 is 2.60 bits per heavy atom. The van der Waals surface area contributed by atoms with Gasteiger partial charge in [0.1, 0.15) is 17.9 Å². The molecule has 0 aliphatic carbocycles. The van der Waals surface area contributed by atoms with Crippen LogP contribution in [0.5, 0.6) is 0 Å². The summed E-state index contributed by atoms with van der Waals surface area (Å²) in [5.41, 5.74) is 2.07. The third-order valence-electron chi connectivity index (χ3n) is 3.71. The highest BCUT2D eigenvalue weighted by Crippen LogP contribution is 2.33. The van der Waals surface area contributed by atoms with Crippen molar-refractivity contribution in [3.05, 3.63) is 71.4 Å². The Hall–Kier alpha value is -3.10. The van der Waals surface area contributed by atoms with E-state index in [1.807, 2.05) is 48.5 Å². The normalized spacial score (nSPS) is 15.8. The SMILES string of the molecule is CC(OC(=O)C(C#N)=C1Nc2ccccc2N=C1Cl)c1ccccc1. The van der Waals surface area contributed by atoms with Crippen molar-refractivity contribution in [3.63, 3.8) is 0 Å². The van der Waals surface area contributed by atoms with Crippen LogP contribution in [0.25, 0.3) is 0 Å². The minimum Gasteiger partial charge on any atom is -0.454 e. The van der Waals surface area contributed by atoms with Gasteiger partial charge in [-0.2, -0.15) is 5.26 Å². The fourth-order valence-corrected chi connectivity index (χ4v) is 2.64. The molecule has 1 aliphatic rings. The van der Waals surface area contributed by atoms with Crippen LogP contribution in [0.1, 0.15) is 18.6 Å². The number of halogens is 1. The largest absolute Gasteiger partial charge is 0.454 e. The van der Waals surface area contributed by atoms with Gasteiger partial charge in [-0.15, -0.1) is 0 Å². The van der Waals surface area contributed by atoms with Gasteiger partial charge in [0.25, 0.3) is 0 Å². The van der Waals surface area contributed by atoms with E-state index in [-0.39, 0.29) is 16.4 Å². The average molecular weight is 352 g/mol. The molecule has 0 radical (unpaired) electrons. The topological polar surface area (TPSA) is 74.5 Å². The van der Waals surface area contributed by atoms with E-state index < -0.39 is 12.1 Å². The second kappa shape index (κ2) is 7.20. The van der Waals surface area contributed by atoms with E-state index in [0.29, 0.717) is 11.4 Å². The van der Waals surface area contributed by atoms with Gasteiger partial charge in [-0.3, -0.25) is 0 Å². The minimum absolute atomic E-state index is 0.0413. The first kappa shape index (κ1) is 16.7. The predicted molar refractivity (Wildman–Crippen MR) is 96.6 cm³/mol. The lowest BCUT2D eigenvalue weighted by molar-refractivity contribution is -0.143. The van der Waals surface area contributed by atoms with Gasteiger partial charge >= 0.3 is 5.97 Å². The third-order valence-corrected chi connectivity index (χ3v) is 3.98. The summed E-state index contributed by atoms with van der Waals surface area (Å²) in [4.78, 5) is 16.7. The van der Waals surface area contributed by atoms with Gasteiger partial charge in [0.15, 0.2) is 10.7 Å². The van der Waals surface area contributed by atoms with E-state index in [1.165, 1.54) is 0 Å². The molecule has 0 saturated carbocycles. The summed E-state index contributed by atoms with van der Waals surface area (Å²) >= 11 is 6.15. The van der Waals surface area contributed by atoms with Gasteiger partial charge < -0.3 is 10.1 Å². The molecule has 25 heavy (non-hydrogen) atoms. The zero-order valence-corrected chi connectivity index (χ0v) is 14.1. The number of esters is 1. The van der Waals surface area contributed by atoms with Crippen LogP contribution in [0.3, 0.4) is 0 Å². The number of aliphatic imine (C=N–C) groups is 1. The molecular weight excluding hydrogens is 338 g/mol. The first-order valence-electron chi connectivity index (χ1n) is 7.61. The zero-order chi connectivity index (χ0) is 17.8. The second-order valence-electron chi connectivity index (χ2n) is 5.36. The van der Waals surface area contributed by atoms with Crippen molar-refractivity contribution < 1.29 is 9.53 Å². The number of allylic oxidation sites excluding steroid dienone is 1. The Bertz CT molecular complexity index is 914. The van der Waals surface area contributed by atoms with Crippen molar-refractivity contribution >= 4 is 34.1 Å². The van der Waals surface area contributed by atoms with Crippen LogP contribution in [0, 0.1) is 11.3 Å². The Balaban J connectivity index is 1.88. The van der Waals surface area contributed by atoms with Crippen molar-refractivity contribution in [1.29, 1.82) is 5.26 Å². The summed E-state index contributed by atoms with van der Waals surface area (Å²) < 4.78 is 5.41. The fraction of sp³-hybridized carbons (Fsp3) is 0.105. The summed E-state index contributed by atoms with van der Waals surface area (Å²) in [6.07, 6.45) is -0.496. The van der Waals surface area contributed by atoms with E-state index in [2.05, 4.69) is 10.3 Å². The maximum Gasteiger partial charge on any atom is 0.351 e. The van der Waals surface area contributed by atoms with Gasteiger partial charge in [0.2, 0.25) is 0 Å². The zero-order valence-electron chi connectivity index (χ0n) is 13.4. The number of ether oxygens (including phenoxy) is 1. The van der Waals surface area contributed by atoms with E-state index in [4.69, 9.17) is 16.3 Å². The molecule has 124 valence electrons. The molecule has 1 heterocycles. The molecule has 0 aromatic heterocycles. The summed E-state index contributed by atoms with van der Waals surface area (Å²) in [5, 5.41) is 12.5. The second-order valence-corrected chi connectivity index (χ2v) is 5.72. The predicted octanol–water partition coefficient (Wildman–Crippen LogP) is 4.46. The first-order chi connectivity index (χ1) is 12.1. The summed E-state index contributed by atoms with van der Waals surface area (Å²) in [6, 6.07) is 18.4. The minimum atomic E-state index is -0.755. The molecule has 6 heteroatoms. The van der Waals surface area contributed by atoms with E-state index in [9.17, 15) is 10.1 Å². The van der Waals surface area contributed by atoms with Gasteiger partial charge in [-0.05, 0) is 24.6 Å². The van der Waals surface area contributed by atoms with Crippen molar-refractivity contribution in [3.8, 4) is 6.07 Å². The molecule has 0 bridgehead atoms. The molecular formula is C19H14ClN3O2. The number of nitrogens with one attached hydrogen (secondary N) is 1. The van der Waals surface area contributed by atoms with Crippen molar-refractivity contribution in [2.24, 2.45) is 4.99 Å². The van der Waals surface area contributed by atoms with Crippen molar-refractivity contribution in [2.75, 3.05) is 5.32 Å². The number of nitrogens with zero attached hydrogens (tertiary/aromatic N) is 2. The molecule has 5 nitrogen and oxygen atoms in total. The van der Waals surface area contributed by atoms with Crippen LogP contribution in [0.15, 0.2) is 70.9 Å². The maximum absolute atomic E-state index is 12.5. The number of fused-ring (bicyclic) bond motifs is 1. The van der Waals surface area contributed by atoms with E-state index in [1.54, 1.807) is 19.1 Å². The summed E-state index contributed by atoms with van der Waals surface area (Å²) in [5.74, 6) is -0.755. The number of hydrogen-bond donors (Lipinski definition) is 1. The highest BCUT2D eigenvalue weighted by atomic mass is 35.5. The average Bonchev–Trinajstić information content (AvgIpc) is 2.63. The number of nitriles is 1. The molecule has 1 aliphatic heterocycles. The Labute approximate surface area is 150 Å². The van der Waals surface area contributed by atoms with Gasteiger partial charge in [-0.1, -0.05) is 54.1 Å². The lowest BCUT2D eigenvalue weighted by Crippen LogP contribution is -2.19. The monoisotopic (exact) mass is 351 g/mol. The van der Waals surface area contributed by atoms with Crippen LogP contribution in [-0.2, 0) is 9.53 Å². The highest BCUT2D eigenvalue weighted by molar-refractivity contribution is 6.70. The van der Waals surface area contributed by atoms with Crippen LogP contribution in [0.4, 0.5) is 11.4 Å². The summed E-state index contributed by atoms with van der Waals surface area (Å²) in [6.45, 7) is 1.74. The molecule has 2 aromatic carbocycles. The number of benzene rings is 2. The molecule has 2 aromatic rings. The molecule has 1 atom stereocenters. The maximum atomic E-state index is 12.5.